The highest BCUT2D eigenvalue weighted by atomic mass is 16.6. The summed E-state index contributed by atoms with van der Waals surface area (Å²) >= 11 is 0. The van der Waals surface area contributed by atoms with Crippen molar-refractivity contribution in [2.45, 2.75) is 58.7 Å². The maximum Gasteiger partial charge on any atom is 0.419 e. The molecule has 25 heavy (non-hydrogen) atoms. The Morgan fingerprint density at radius 3 is 2.68 bits per heavy atom. The van der Waals surface area contributed by atoms with Gasteiger partial charge in [0.1, 0.15) is 5.60 Å². The second-order valence-electron chi connectivity index (χ2n) is 7.98. The molecule has 5 heteroatoms. The maximum atomic E-state index is 12.8. The summed E-state index contributed by atoms with van der Waals surface area (Å²) in [4.78, 5) is 12.8. The molecule has 1 heterocycles. The van der Waals surface area contributed by atoms with Crippen LogP contribution in [0, 0.1) is 5.92 Å². The van der Waals surface area contributed by atoms with E-state index in [0.29, 0.717) is 13.1 Å². The number of nitrogens with zero attached hydrogens (tertiary/aromatic N) is 1. The molecule has 0 spiro atoms. The monoisotopic (exact) mass is 343 g/mol. The number of fused-ring (bicyclic) bond motifs is 1. The molecule has 2 aromatic rings. The Bertz CT molecular complexity index is 754. The Balaban J connectivity index is 1.89. The van der Waals surface area contributed by atoms with Crippen LogP contribution < -0.4 is 11.1 Å². The van der Waals surface area contributed by atoms with E-state index >= 15 is 0 Å². The molecule has 136 valence electrons. The SMILES string of the molecule is CC(C)(C)OC(=O)n1c(CNCC2CCC2)cc2ccc(CN)cc21. The summed E-state index contributed by atoms with van der Waals surface area (Å²) < 4.78 is 7.32. The molecule has 0 saturated heterocycles. The minimum atomic E-state index is -0.532. The summed E-state index contributed by atoms with van der Waals surface area (Å²) in [7, 11) is 0. The van der Waals surface area contributed by atoms with Crippen LogP contribution in [-0.2, 0) is 17.8 Å². The van der Waals surface area contributed by atoms with Gasteiger partial charge < -0.3 is 15.8 Å². The lowest BCUT2D eigenvalue weighted by Crippen LogP contribution is -2.30. The third kappa shape index (κ3) is 4.22. The lowest BCUT2D eigenvalue weighted by molar-refractivity contribution is 0.0539. The lowest BCUT2D eigenvalue weighted by atomic mass is 9.85. The van der Waals surface area contributed by atoms with Crippen LogP contribution in [0.25, 0.3) is 10.9 Å². The number of carbonyl (C=O) groups excluding carboxylic acids is 1. The van der Waals surface area contributed by atoms with E-state index in [1.807, 2.05) is 39.0 Å². The molecule has 5 nitrogen and oxygen atoms in total. The van der Waals surface area contributed by atoms with Crippen molar-refractivity contribution in [3.63, 3.8) is 0 Å². The quantitative estimate of drug-likeness (QED) is 0.867. The molecule has 0 bridgehead atoms. The molecule has 1 aliphatic carbocycles. The van der Waals surface area contributed by atoms with E-state index in [4.69, 9.17) is 10.5 Å². The van der Waals surface area contributed by atoms with Gasteiger partial charge in [0.25, 0.3) is 0 Å². The van der Waals surface area contributed by atoms with Gasteiger partial charge in [0.05, 0.1) is 5.52 Å². The van der Waals surface area contributed by atoms with Crippen LogP contribution in [0.15, 0.2) is 24.3 Å². The predicted molar refractivity (Wildman–Crippen MR) is 101 cm³/mol. The number of benzene rings is 1. The number of rotatable bonds is 5. The van der Waals surface area contributed by atoms with Crippen LogP contribution in [0.4, 0.5) is 4.79 Å². The number of hydrogen-bond donors (Lipinski definition) is 2. The van der Waals surface area contributed by atoms with Gasteiger partial charge in [-0.15, -0.1) is 0 Å². The minimum absolute atomic E-state index is 0.336. The first-order chi connectivity index (χ1) is 11.9. The highest BCUT2D eigenvalue weighted by Gasteiger charge is 2.23. The van der Waals surface area contributed by atoms with Gasteiger partial charge in [-0.3, -0.25) is 0 Å². The highest BCUT2D eigenvalue weighted by molar-refractivity contribution is 5.91. The van der Waals surface area contributed by atoms with Crippen molar-refractivity contribution < 1.29 is 9.53 Å². The summed E-state index contributed by atoms with van der Waals surface area (Å²) in [6.45, 7) is 7.76. The Labute approximate surface area is 149 Å². The number of ether oxygens (including phenoxy) is 1. The molecule has 0 radical (unpaired) electrons. The van der Waals surface area contributed by atoms with Gasteiger partial charge in [-0.05, 0) is 63.8 Å². The first kappa shape index (κ1) is 18.0. The van der Waals surface area contributed by atoms with Gasteiger partial charge in [0.15, 0.2) is 0 Å². The second-order valence-corrected chi connectivity index (χ2v) is 7.98. The molecule has 3 N–H and O–H groups in total. The summed E-state index contributed by atoms with van der Waals surface area (Å²) in [5.74, 6) is 0.781. The van der Waals surface area contributed by atoms with Gasteiger partial charge in [0.2, 0.25) is 0 Å². The van der Waals surface area contributed by atoms with E-state index in [9.17, 15) is 4.79 Å². The standard InChI is InChI=1S/C20H29N3O2/c1-20(2,3)25-19(24)23-17(13-22-12-14-5-4-6-14)10-16-8-7-15(11-21)9-18(16)23/h7-10,14,22H,4-6,11-13,21H2,1-3H3. The number of carbonyl (C=O) groups is 1. The third-order valence-corrected chi connectivity index (χ3v) is 4.72. The lowest BCUT2D eigenvalue weighted by Gasteiger charge is -2.25. The van der Waals surface area contributed by atoms with Gasteiger partial charge in [-0.2, -0.15) is 0 Å². The molecule has 0 aliphatic heterocycles. The Morgan fingerprint density at radius 1 is 1.32 bits per heavy atom. The summed E-state index contributed by atoms with van der Waals surface area (Å²) in [5, 5.41) is 4.53. The van der Waals surface area contributed by atoms with Crippen LogP contribution in [0.2, 0.25) is 0 Å². The van der Waals surface area contributed by atoms with Gasteiger partial charge in [0, 0.05) is 24.2 Å². The van der Waals surface area contributed by atoms with E-state index in [2.05, 4.69) is 11.4 Å². The smallest absolute Gasteiger partial charge is 0.419 e. The first-order valence-corrected chi connectivity index (χ1v) is 9.15. The fourth-order valence-corrected chi connectivity index (χ4v) is 3.19. The van der Waals surface area contributed by atoms with Crippen LogP contribution in [-0.4, -0.2) is 22.8 Å². The van der Waals surface area contributed by atoms with Crippen LogP contribution in [0.5, 0.6) is 0 Å². The zero-order valence-electron chi connectivity index (χ0n) is 15.5. The van der Waals surface area contributed by atoms with Gasteiger partial charge >= 0.3 is 6.09 Å². The van der Waals surface area contributed by atoms with Gasteiger partial charge in [-0.1, -0.05) is 18.6 Å². The Morgan fingerprint density at radius 2 is 2.08 bits per heavy atom. The van der Waals surface area contributed by atoms with E-state index < -0.39 is 5.60 Å². The van der Waals surface area contributed by atoms with E-state index in [-0.39, 0.29) is 6.09 Å². The van der Waals surface area contributed by atoms with E-state index in [1.54, 1.807) is 4.57 Å². The molecule has 3 rings (SSSR count). The molecular formula is C20H29N3O2. The van der Waals surface area contributed by atoms with Crippen molar-refractivity contribution in [1.82, 2.24) is 9.88 Å². The Kier molecular flexibility index (Phi) is 5.16. The Hall–Kier alpha value is -1.85. The van der Waals surface area contributed by atoms with Crippen LogP contribution in [0.3, 0.4) is 0 Å². The molecule has 0 amide bonds. The van der Waals surface area contributed by atoms with Crippen molar-refractivity contribution in [2.75, 3.05) is 6.54 Å². The molecular weight excluding hydrogens is 314 g/mol. The first-order valence-electron chi connectivity index (χ1n) is 9.15. The van der Waals surface area contributed by atoms with Crippen LogP contribution in [0.1, 0.15) is 51.3 Å². The highest BCUT2D eigenvalue weighted by Crippen LogP contribution is 2.26. The molecule has 1 aliphatic rings. The van der Waals surface area contributed by atoms with E-state index in [0.717, 1.165) is 34.6 Å². The topological polar surface area (TPSA) is 69.3 Å². The fraction of sp³-hybridized carbons (Fsp3) is 0.550. The average Bonchev–Trinajstić information content (AvgIpc) is 2.85. The molecule has 0 unspecified atom stereocenters. The molecule has 0 atom stereocenters. The zero-order chi connectivity index (χ0) is 18.0. The molecule has 1 aromatic carbocycles. The number of nitrogens with one attached hydrogen (secondary N) is 1. The predicted octanol–water partition coefficient (Wildman–Crippen LogP) is 3.77. The number of hydrogen-bond acceptors (Lipinski definition) is 4. The average molecular weight is 343 g/mol. The molecule has 1 fully saturated rings. The van der Waals surface area contributed by atoms with E-state index in [1.165, 1.54) is 19.3 Å². The maximum absolute atomic E-state index is 12.8. The van der Waals surface area contributed by atoms with Crippen molar-refractivity contribution in [3.8, 4) is 0 Å². The third-order valence-electron chi connectivity index (χ3n) is 4.72. The van der Waals surface area contributed by atoms with Crippen LogP contribution >= 0.6 is 0 Å². The molecule has 1 saturated carbocycles. The molecule has 1 aromatic heterocycles. The zero-order valence-corrected chi connectivity index (χ0v) is 15.5. The summed E-state index contributed by atoms with van der Waals surface area (Å²) in [6, 6.07) is 8.07. The largest absolute Gasteiger partial charge is 0.443 e. The van der Waals surface area contributed by atoms with Crippen molar-refractivity contribution in [1.29, 1.82) is 0 Å². The fourth-order valence-electron chi connectivity index (χ4n) is 3.19. The van der Waals surface area contributed by atoms with Gasteiger partial charge in [-0.25, -0.2) is 9.36 Å². The second kappa shape index (κ2) is 7.18. The summed E-state index contributed by atoms with van der Waals surface area (Å²) in [6.07, 6.45) is 3.62. The number of aromatic nitrogens is 1. The van der Waals surface area contributed by atoms with Crippen molar-refractivity contribution in [2.24, 2.45) is 11.7 Å². The number of nitrogens with two attached hydrogens (primary N) is 1. The van der Waals surface area contributed by atoms with Crippen molar-refractivity contribution >= 4 is 17.0 Å². The van der Waals surface area contributed by atoms with Crippen molar-refractivity contribution in [3.05, 3.63) is 35.5 Å². The normalized spacial score (nSPS) is 15.4. The minimum Gasteiger partial charge on any atom is -0.443 e. The summed E-state index contributed by atoms with van der Waals surface area (Å²) in [5.41, 5.74) is 8.03.